The Morgan fingerprint density at radius 1 is 0.714 bits per heavy atom. The highest BCUT2D eigenvalue weighted by molar-refractivity contribution is 6.56. The van der Waals surface area contributed by atoms with Gasteiger partial charge in [-0.3, -0.25) is 0 Å². The Balaban J connectivity index is 2.74. The topological polar surface area (TPSA) is 0 Å². The van der Waals surface area contributed by atoms with Crippen LogP contribution in [0.4, 0.5) is 13.2 Å². The second-order valence-electron chi connectivity index (χ2n) is 4.02. The van der Waals surface area contributed by atoms with Crippen molar-refractivity contribution in [3.8, 4) is 11.1 Å². The van der Waals surface area contributed by atoms with Gasteiger partial charge in [-0.05, 0) is 17.7 Å². The maximum absolute atomic E-state index is 12.8. The Bertz CT molecular complexity index is 681. The lowest BCUT2D eigenvalue weighted by molar-refractivity contribution is -0.137. The first-order valence-corrected chi connectivity index (χ1v) is 7.22. The molecule has 2 aromatic carbocycles. The van der Waals surface area contributed by atoms with Crippen molar-refractivity contribution in [2.45, 2.75) is 6.18 Å². The van der Waals surface area contributed by atoms with E-state index in [4.69, 9.17) is 58.0 Å². The van der Waals surface area contributed by atoms with Gasteiger partial charge in [-0.2, -0.15) is 13.2 Å². The van der Waals surface area contributed by atoms with Crippen LogP contribution in [0.15, 0.2) is 24.3 Å². The van der Waals surface area contributed by atoms with Gasteiger partial charge in [-0.25, -0.2) is 0 Å². The van der Waals surface area contributed by atoms with Crippen LogP contribution >= 0.6 is 58.0 Å². The lowest BCUT2D eigenvalue weighted by atomic mass is 10.0. The molecule has 0 fully saturated rings. The van der Waals surface area contributed by atoms with E-state index in [1.165, 1.54) is 12.1 Å². The number of rotatable bonds is 1. The number of hydrogen-bond acceptors (Lipinski definition) is 0. The Morgan fingerprint density at radius 2 is 1.19 bits per heavy atom. The van der Waals surface area contributed by atoms with Gasteiger partial charge in [0.1, 0.15) is 0 Å². The summed E-state index contributed by atoms with van der Waals surface area (Å²) < 4.78 is 38.3. The van der Waals surface area contributed by atoms with Crippen LogP contribution in [-0.4, -0.2) is 0 Å². The summed E-state index contributed by atoms with van der Waals surface area (Å²) in [6.45, 7) is 0. The van der Waals surface area contributed by atoms with E-state index in [0.717, 1.165) is 12.1 Å². The molecular formula is C13H4Cl5F3. The lowest BCUT2D eigenvalue weighted by Crippen LogP contribution is -2.04. The molecule has 0 saturated carbocycles. The highest BCUT2D eigenvalue weighted by Crippen LogP contribution is 2.48. The molecule has 21 heavy (non-hydrogen) atoms. The normalized spacial score (nSPS) is 11.8. The van der Waals surface area contributed by atoms with Crippen molar-refractivity contribution >= 4 is 58.0 Å². The fourth-order valence-corrected chi connectivity index (χ4v) is 3.07. The first-order valence-electron chi connectivity index (χ1n) is 5.33. The maximum atomic E-state index is 12.8. The van der Waals surface area contributed by atoms with Crippen molar-refractivity contribution in [2.75, 3.05) is 0 Å². The SMILES string of the molecule is FC(F)(F)c1cccc(-c2c(Cl)c(Cl)c(Cl)c(Cl)c2Cl)c1. The van der Waals surface area contributed by atoms with Crippen LogP contribution in [0.25, 0.3) is 11.1 Å². The van der Waals surface area contributed by atoms with Crippen molar-refractivity contribution in [3.63, 3.8) is 0 Å². The molecule has 0 heterocycles. The third kappa shape index (κ3) is 3.22. The van der Waals surface area contributed by atoms with E-state index in [1.807, 2.05) is 0 Å². The van der Waals surface area contributed by atoms with Gasteiger partial charge in [0.25, 0.3) is 0 Å². The van der Waals surface area contributed by atoms with Gasteiger partial charge in [0.15, 0.2) is 0 Å². The summed E-state index contributed by atoms with van der Waals surface area (Å²) in [7, 11) is 0. The summed E-state index contributed by atoms with van der Waals surface area (Å²) in [5.41, 5.74) is -0.599. The van der Waals surface area contributed by atoms with Crippen LogP contribution in [0.1, 0.15) is 5.56 Å². The Hall–Kier alpha value is -0.320. The van der Waals surface area contributed by atoms with Gasteiger partial charge in [0.05, 0.1) is 30.7 Å². The molecule has 8 heteroatoms. The molecule has 0 aliphatic heterocycles. The summed E-state index contributed by atoms with van der Waals surface area (Å²) in [4.78, 5) is 0. The predicted molar refractivity (Wildman–Crippen MR) is 81.9 cm³/mol. The van der Waals surface area contributed by atoms with Crippen molar-refractivity contribution in [1.82, 2.24) is 0 Å². The molecule has 0 atom stereocenters. The summed E-state index contributed by atoms with van der Waals surface area (Å²) in [5.74, 6) is 0. The molecule has 0 radical (unpaired) electrons. The molecule has 0 saturated heterocycles. The van der Waals surface area contributed by atoms with Gasteiger partial charge < -0.3 is 0 Å². The third-order valence-electron chi connectivity index (χ3n) is 2.69. The Morgan fingerprint density at radius 3 is 1.67 bits per heavy atom. The van der Waals surface area contributed by atoms with Crippen molar-refractivity contribution < 1.29 is 13.2 Å². The van der Waals surface area contributed by atoms with Gasteiger partial charge in [-0.15, -0.1) is 0 Å². The molecule has 0 aliphatic carbocycles. The Kier molecular flexibility index (Phi) is 4.91. The van der Waals surface area contributed by atoms with Gasteiger partial charge in [-0.1, -0.05) is 70.1 Å². The average Bonchev–Trinajstić information content (AvgIpc) is 2.43. The van der Waals surface area contributed by atoms with Crippen molar-refractivity contribution in [2.24, 2.45) is 0 Å². The summed E-state index contributed by atoms with van der Waals surface area (Å²) in [6.07, 6.45) is -4.49. The molecule has 2 rings (SSSR count). The zero-order chi connectivity index (χ0) is 15.9. The molecule has 0 aromatic heterocycles. The highest BCUT2D eigenvalue weighted by atomic mass is 35.5. The first-order chi connectivity index (χ1) is 9.64. The number of benzene rings is 2. The zero-order valence-electron chi connectivity index (χ0n) is 9.83. The van der Waals surface area contributed by atoms with E-state index in [9.17, 15) is 13.2 Å². The average molecular weight is 394 g/mol. The molecule has 0 unspecified atom stereocenters. The highest BCUT2D eigenvalue weighted by Gasteiger charge is 2.31. The minimum Gasteiger partial charge on any atom is -0.166 e. The van der Waals surface area contributed by atoms with Gasteiger partial charge >= 0.3 is 6.18 Å². The lowest BCUT2D eigenvalue weighted by Gasteiger charge is -2.14. The fourth-order valence-electron chi connectivity index (χ4n) is 1.71. The molecule has 2 aromatic rings. The van der Waals surface area contributed by atoms with Crippen LogP contribution in [-0.2, 0) is 6.18 Å². The summed E-state index contributed by atoms with van der Waals surface area (Å²) in [5, 5.41) is -0.310. The van der Waals surface area contributed by atoms with E-state index in [1.54, 1.807) is 0 Å². The van der Waals surface area contributed by atoms with Gasteiger partial charge in [0, 0.05) is 5.56 Å². The second-order valence-corrected chi connectivity index (χ2v) is 5.91. The second kappa shape index (κ2) is 6.05. The van der Waals surface area contributed by atoms with Crippen molar-refractivity contribution in [1.29, 1.82) is 0 Å². The predicted octanol–water partition coefficient (Wildman–Crippen LogP) is 7.64. The Labute approximate surface area is 143 Å². The monoisotopic (exact) mass is 392 g/mol. The minimum atomic E-state index is -4.49. The third-order valence-corrected chi connectivity index (χ3v) is 4.97. The van der Waals surface area contributed by atoms with E-state index < -0.39 is 11.7 Å². The van der Waals surface area contributed by atoms with E-state index in [0.29, 0.717) is 0 Å². The molecule has 0 aliphatic rings. The molecule has 0 nitrogen and oxygen atoms in total. The number of hydrogen-bond donors (Lipinski definition) is 0. The standard InChI is InChI=1S/C13H4Cl5F3/c14-8-7(9(15)11(17)12(18)10(8)16)5-2-1-3-6(4-5)13(19,20)21/h1-4H. The quantitative estimate of drug-likeness (QED) is 0.344. The van der Waals surface area contributed by atoms with E-state index in [2.05, 4.69) is 0 Å². The maximum Gasteiger partial charge on any atom is 0.416 e. The smallest absolute Gasteiger partial charge is 0.166 e. The minimum absolute atomic E-state index is 0.0518. The van der Waals surface area contributed by atoms with Crippen molar-refractivity contribution in [3.05, 3.63) is 54.9 Å². The number of halogens is 8. The van der Waals surface area contributed by atoms with Crippen LogP contribution < -0.4 is 0 Å². The first kappa shape index (κ1) is 17.0. The largest absolute Gasteiger partial charge is 0.416 e. The molecule has 0 bridgehead atoms. The zero-order valence-corrected chi connectivity index (χ0v) is 13.6. The summed E-state index contributed by atoms with van der Waals surface area (Å²) >= 11 is 29.7. The van der Waals surface area contributed by atoms with Crippen LogP contribution in [0.3, 0.4) is 0 Å². The molecule has 0 amide bonds. The van der Waals surface area contributed by atoms with Crippen LogP contribution in [0.5, 0.6) is 0 Å². The number of alkyl halides is 3. The van der Waals surface area contributed by atoms with Crippen LogP contribution in [0.2, 0.25) is 25.1 Å². The molecule has 0 N–H and O–H groups in total. The fraction of sp³-hybridized carbons (Fsp3) is 0.0769. The van der Waals surface area contributed by atoms with E-state index in [-0.39, 0.29) is 36.2 Å². The molecular weight excluding hydrogens is 390 g/mol. The van der Waals surface area contributed by atoms with E-state index >= 15 is 0 Å². The summed E-state index contributed by atoms with van der Waals surface area (Å²) in [6, 6.07) is 4.50. The van der Waals surface area contributed by atoms with Gasteiger partial charge in [0.2, 0.25) is 0 Å². The molecule has 0 spiro atoms. The molecule has 112 valence electrons. The van der Waals surface area contributed by atoms with Crippen LogP contribution in [0, 0.1) is 0 Å².